The molecule has 3 amide bonds. The standard InChI is InChI=1S/C25H35N3O5/c1-2-3-13-26-23(31)21-25-12-11-18(33-25)19(20(25)24(32)28(21)14-7-8-15-29)22(30)27-16-17-9-5-4-6-10-17/h4-6,9-10,18-21,29H,2-3,7-8,11-16H2,1H3,(H,26,31)(H,27,30)/t18-,19+,20-,21?,25?/m0/s1. The van der Waals surface area contributed by atoms with E-state index in [-0.39, 0.29) is 30.4 Å². The number of aliphatic hydroxyl groups is 1. The summed E-state index contributed by atoms with van der Waals surface area (Å²) in [7, 11) is 0. The van der Waals surface area contributed by atoms with Gasteiger partial charge in [0, 0.05) is 26.2 Å². The van der Waals surface area contributed by atoms with Crippen molar-refractivity contribution < 1.29 is 24.2 Å². The maximum absolute atomic E-state index is 13.6. The molecule has 4 rings (SSSR count). The van der Waals surface area contributed by atoms with Crippen LogP contribution in [0.15, 0.2) is 30.3 Å². The summed E-state index contributed by atoms with van der Waals surface area (Å²) in [6, 6.07) is 8.92. The molecule has 1 aromatic carbocycles. The van der Waals surface area contributed by atoms with Gasteiger partial charge in [0.15, 0.2) is 0 Å². The van der Waals surface area contributed by atoms with Crippen LogP contribution in [0.5, 0.6) is 0 Å². The predicted octanol–water partition coefficient (Wildman–Crippen LogP) is 1.37. The third-order valence-electron chi connectivity index (χ3n) is 7.30. The lowest BCUT2D eigenvalue weighted by Crippen LogP contribution is -2.55. The number of hydrogen-bond acceptors (Lipinski definition) is 5. The average Bonchev–Trinajstić information content (AvgIpc) is 3.46. The molecular weight excluding hydrogens is 422 g/mol. The number of nitrogens with zero attached hydrogens (tertiary/aromatic N) is 1. The number of aliphatic hydroxyl groups excluding tert-OH is 1. The number of carbonyl (C=O) groups excluding carboxylic acids is 3. The Morgan fingerprint density at radius 2 is 1.94 bits per heavy atom. The number of hydrogen-bond donors (Lipinski definition) is 3. The first kappa shape index (κ1) is 23.7. The first-order valence-electron chi connectivity index (χ1n) is 12.2. The van der Waals surface area contributed by atoms with Gasteiger partial charge in [-0.1, -0.05) is 43.7 Å². The van der Waals surface area contributed by atoms with E-state index in [1.165, 1.54) is 0 Å². The molecule has 0 aromatic heterocycles. The molecule has 2 unspecified atom stereocenters. The van der Waals surface area contributed by atoms with Crippen LogP contribution in [-0.2, 0) is 25.7 Å². The smallest absolute Gasteiger partial charge is 0.245 e. The molecule has 5 atom stereocenters. The second-order valence-corrected chi connectivity index (χ2v) is 9.37. The van der Waals surface area contributed by atoms with Crippen LogP contribution < -0.4 is 10.6 Å². The fourth-order valence-corrected chi connectivity index (χ4v) is 5.78. The first-order chi connectivity index (χ1) is 16.0. The van der Waals surface area contributed by atoms with Gasteiger partial charge in [-0.25, -0.2) is 0 Å². The molecule has 3 heterocycles. The lowest BCUT2D eigenvalue weighted by atomic mass is 9.70. The summed E-state index contributed by atoms with van der Waals surface area (Å²) in [5.41, 5.74) is 0.0349. The van der Waals surface area contributed by atoms with E-state index in [1.54, 1.807) is 4.90 Å². The summed E-state index contributed by atoms with van der Waals surface area (Å²) in [4.78, 5) is 41.8. The van der Waals surface area contributed by atoms with E-state index in [0.29, 0.717) is 45.3 Å². The van der Waals surface area contributed by atoms with Gasteiger partial charge in [0.25, 0.3) is 0 Å². The highest BCUT2D eigenvalue weighted by Gasteiger charge is 2.74. The second-order valence-electron chi connectivity index (χ2n) is 9.37. The lowest BCUT2D eigenvalue weighted by molar-refractivity contribution is -0.142. The topological polar surface area (TPSA) is 108 Å². The fraction of sp³-hybridized carbons (Fsp3) is 0.640. The minimum Gasteiger partial charge on any atom is -0.396 e. The summed E-state index contributed by atoms with van der Waals surface area (Å²) in [5.74, 6) is -1.81. The summed E-state index contributed by atoms with van der Waals surface area (Å²) in [5, 5.41) is 15.2. The fourth-order valence-electron chi connectivity index (χ4n) is 5.78. The summed E-state index contributed by atoms with van der Waals surface area (Å²) < 4.78 is 6.38. The van der Waals surface area contributed by atoms with E-state index < -0.39 is 23.5 Å². The van der Waals surface area contributed by atoms with Gasteiger partial charge >= 0.3 is 0 Å². The molecule has 8 heteroatoms. The van der Waals surface area contributed by atoms with Crippen molar-refractivity contribution in [2.24, 2.45) is 11.8 Å². The molecule has 3 saturated heterocycles. The zero-order valence-corrected chi connectivity index (χ0v) is 19.3. The Kier molecular flexibility index (Phi) is 7.34. The van der Waals surface area contributed by atoms with Crippen LogP contribution >= 0.6 is 0 Å². The number of ether oxygens (including phenoxy) is 1. The molecule has 2 bridgehead atoms. The first-order valence-corrected chi connectivity index (χ1v) is 12.2. The molecule has 180 valence electrons. The number of amides is 3. The van der Waals surface area contributed by atoms with E-state index in [2.05, 4.69) is 17.6 Å². The monoisotopic (exact) mass is 457 g/mol. The van der Waals surface area contributed by atoms with Crippen LogP contribution in [-0.4, -0.2) is 65.2 Å². The van der Waals surface area contributed by atoms with Crippen molar-refractivity contribution in [3.8, 4) is 0 Å². The molecular formula is C25H35N3O5. The SMILES string of the molecule is CCCCNC(=O)C1N(CCCCO)C(=O)[C@@H]2[C@H](C(=O)NCc3ccccc3)[C@@H]3CCC12O3. The number of rotatable bonds is 11. The highest BCUT2D eigenvalue weighted by molar-refractivity contribution is 5.98. The molecule has 8 nitrogen and oxygen atoms in total. The molecule has 3 fully saturated rings. The molecule has 0 saturated carbocycles. The normalized spacial score (nSPS) is 29.9. The van der Waals surface area contributed by atoms with Gasteiger partial charge in [0.1, 0.15) is 11.6 Å². The van der Waals surface area contributed by atoms with E-state index in [9.17, 15) is 19.5 Å². The Bertz CT molecular complexity index is 863. The lowest BCUT2D eigenvalue weighted by Gasteiger charge is -2.33. The van der Waals surface area contributed by atoms with Crippen LogP contribution in [0.2, 0.25) is 0 Å². The van der Waals surface area contributed by atoms with Crippen molar-refractivity contribution in [2.45, 2.75) is 69.7 Å². The minimum absolute atomic E-state index is 0.0348. The zero-order valence-electron chi connectivity index (χ0n) is 19.3. The van der Waals surface area contributed by atoms with E-state index in [1.807, 2.05) is 30.3 Å². The van der Waals surface area contributed by atoms with Crippen molar-refractivity contribution in [2.75, 3.05) is 19.7 Å². The number of likely N-dealkylation sites (tertiary alicyclic amines) is 1. The third kappa shape index (κ3) is 4.38. The zero-order chi connectivity index (χ0) is 23.4. The number of nitrogens with one attached hydrogen (secondary N) is 2. The number of carbonyl (C=O) groups is 3. The molecule has 1 aromatic rings. The van der Waals surface area contributed by atoms with E-state index in [0.717, 1.165) is 18.4 Å². The third-order valence-corrected chi connectivity index (χ3v) is 7.30. The van der Waals surface area contributed by atoms with Crippen LogP contribution in [0.4, 0.5) is 0 Å². The maximum Gasteiger partial charge on any atom is 0.245 e. The van der Waals surface area contributed by atoms with Crippen molar-refractivity contribution in [1.82, 2.24) is 15.5 Å². The van der Waals surface area contributed by atoms with Crippen molar-refractivity contribution in [1.29, 1.82) is 0 Å². The van der Waals surface area contributed by atoms with E-state index >= 15 is 0 Å². The van der Waals surface area contributed by atoms with Gasteiger partial charge in [-0.3, -0.25) is 14.4 Å². The number of unbranched alkanes of at least 4 members (excludes halogenated alkanes) is 2. The Morgan fingerprint density at radius 1 is 1.15 bits per heavy atom. The Balaban J connectivity index is 1.55. The van der Waals surface area contributed by atoms with Crippen LogP contribution in [0, 0.1) is 11.8 Å². The van der Waals surface area contributed by atoms with Gasteiger partial charge in [-0.05, 0) is 37.7 Å². The molecule has 0 aliphatic carbocycles. The van der Waals surface area contributed by atoms with Gasteiger partial charge in [0.2, 0.25) is 17.7 Å². The van der Waals surface area contributed by atoms with Crippen molar-refractivity contribution in [3.63, 3.8) is 0 Å². The highest BCUT2D eigenvalue weighted by Crippen LogP contribution is 2.58. The Morgan fingerprint density at radius 3 is 2.67 bits per heavy atom. The van der Waals surface area contributed by atoms with Gasteiger partial charge in [0.05, 0.1) is 17.9 Å². The molecule has 0 radical (unpaired) electrons. The molecule has 3 N–H and O–H groups in total. The maximum atomic E-state index is 13.6. The molecule has 33 heavy (non-hydrogen) atoms. The summed E-state index contributed by atoms with van der Waals surface area (Å²) in [6.07, 6.45) is 3.88. The Labute approximate surface area is 195 Å². The molecule has 3 aliphatic rings. The Hall–Kier alpha value is -2.45. The van der Waals surface area contributed by atoms with Crippen molar-refractivity contribution in [3.05, 3.63) is 35.9 Å². The van der Waals surface area contributed by atoms with Gasteiger partial charge in [-0.2, -0.15) is 0 Å². The average molecular weight is 458 g/mol. The van der Waals surface area contributed by atoms with Crippen LogP contribution in [0.3, 0.4) is 0 Å². The second kappa shape index (κ2) is 10.2. The van der Waals surface area contributed by atoms with Crippen LogP contribution in [0.1, 0.15) is 51.0 Å². The number of benzene rings is 1. The largest absolute Gasteiger partial charge is 0.396 e. The van der Waals surface area contributed by atoms with E-state index in [4.69, 9.17) is 4.74 Å². The van der Waals surface area contributed by atoms with Crippen molar-refractivity contribution >= 4 is 17.7 Å². The van der Waals surface area contributed by atoms with Crippen LogP contribution in [0.25, 0.3) is 0 Å². The predicted molar refractivity (Wildman–Crippen MR) is 122 cm³/mol. The quantitative estimate of drug-likeness (QED) is 0.435. The highest BCUT2D eigenvalue weighted by atomic mass is 16.5. The minimum atomic E-state index is -0.952. The molecule has 1 spiro atoms. The molecule has 3 aliphatic heterocycles. The number of fused-ring (bicyclic) bond motifs is 1. The summed E-state index contributed by atoms with van der Waals surface area (Å²) >= 11 is 0. The summed E-state index contributed by atoms with van der Waals surface area (Å²) in [6.45, 7) is 3.40. The van der Waals surface area contributed by atoms with Gasteiger partial charge in [-0.15, -0.1) is 0 Å². The van der Waals surface area contributed by atoms with Gasteiger partial charge < -0.3 is 25.4 Å².